The van der Waals surface area contributed by atoms with Crippen LogP contribution in [0.15, 0.2) is 12.3 Å². The number of pyridine rings is 1. The second kappa shape index (κ2) is 6.17. The van der Waals surface area contributed by atoms with E-state index < -0.39 is 5.82 Å². The van der Waals surface area contributed by atoms with Crippen molar-refractivity contribution in [3.05, 3.63) is 23.6 Å². The summed E-state index contributed by atoms with van der Waals surface area (Å²) >= 11 is 5.61. The third-order valence-corrected chi connectivity index (χ3v) is 3.17. The third-order valence-electron chi connectivity index (χ3n) is 2.88. The van der Waals surface area contributed by atoms with E-state index in [1.807, 2.05) is 0 Å². The van der Waals surface area contributed by atoms with E-state index in [0.717, 1.165) is 26.1 Å². The summed E-state index contributed by atoms with van der Waals surface area (Å²) in [5.74, 6) is 0.149. The number of rotatable bonds is 4. The number of hydrogen-bond acceptors (Lipinski definition) is 3. The Morgan fingerprint density at radius 1 is 1.47 bits per heavy atom. The molecule has 1 aromatic rings. The summed E-state index contributed by atoms with van der Waals surface area (Å²) in [7, 11) is 0. The van der Waals surface area contributed by atoms with E-state index in [2.05, 4.69) is 4.98 Å². The molecule has 0 aromatic carbocycles. The number of nitrogens with zero attached hydrogens (tertiary/aromatic N) is 1. The van der Waals surface area contributed by atoms with Crippen molar-refractivity contribution in [3.63, 3.8) is 0 Å². The molecule has 0 amide bonds. The number of aromatic nitrogens is 1. The number of hydrogen-bond donors (Lipinski definition) is 0. The van der Waals surface area contributed by atoms with Gasteiger partial charge in [0.25, 0.3) is 5.88 Å². The highest BCUT2D eigenvalue weighted by atomic mass is 35.5. The van der Waals surface area contributed by atoms with Crippen LogP contribution >= 0.6 is 11.6 Å². The lowest BCUT2D eigenvalue weighted by atomic mass is 10.0. The van der Waals surface area contributed by atoms with Crippen LogP contribution in [0.5, 0.6) is 5.88 Å². The summed E-state index contributed by atoms with van der Waals surface area (Å²) in [5, 5.41) is 0. The third kappa shape index (κ3) is 3.30. The molecular weight excluding hydrogens is 245 g/mol. The molecule has 3 nitrogen and oxygen atoms in total. The van der Waals surface area contributed by atoms with Crippen LogP contribution in [0.25, 0.3) is 0 Å². The molecule has 0 spiro atoms. The Bertz CT molecular complexity index is 370. The Labute approximate surface area is 105 Å². The minimum absolute atomic E-state index is 0.0506. The highest BCUT2D eigenvalue weighted by molar-refractivity contribution is 6.17. The normalized spacial score (nSPS) is 17.1. The average Bonchev–Trinajstić information content (AvgIpc) is 2.39. The molecule has 1 aliphatic rings. The van der Waals surface area contributed by atoms with E-state index in [1.54, 1.807) is 6.07 Å². The van der Waals surface area contributed by atoms with Crippen molar-refractivity contribution in [1.29, 1.82) is 0 Å². The van der Waals surface area contributed by atoms with Crippen LogP contribution in [-0.2, 0) is 10.6 Å². The molecule has 17 heavy (non-hydrogen) atoms. The van der Waals surface area contributed by atoms with Crippen LogP contribution in [0.4, 0.5) is 4.39 Å². The lowest BCUT2D eigenvalue weighted by molar-refractivity contribution is 0.0483. The Morgan fingerprint density at radius 3 is 2.94 bits per heavy atom. The van der Waals surface area contributed by atoms with E-state index in [0.29, 0.717) is 18.1 Å². The molecule has 2 heterocycles. The van der Waals surface area contributed by atoms with Crippen molar-refractivity contribution in [2.75, 3.05) is 19.8 Å². The first-order chi connectivity index (χ1) is 8.31. The van der Waals surface area contributed by atoms with E-state index in [9.17, 15) is 4.39 Å². The lowest BCUT2D eigenvalue weighted by Crippen LogP contribution is -2.22. The van der Waals surface area contributed by atoms with Crippen LogP contribution in [0.2, 0.25) is 0 Å². The molecule has 94 valence electrons. The molecule has 0 bridgehead atoms. The van der Waals surface area contributed by atoms with E-state index in [1.165, 1.54) is 6.20 Å². The van der Waals surface area contributed by atoms with Crippen molar-refractivity contribution < 1.29 is 13.9 Å². The topological polar surface area (TPSA) is 31.4 Å². The predicted octanol–water partition coefficient (Wildman–Crippen LogP) is 2.76. The van der Waals surface area contributed by atoms with E-state index in [-0.39, 0.29) is 11.8 Å². The van der Waals surface area contributed by atoms with Crippen LogP contribution in [0, 0.1) is 11.7 Å². The monoisotopic (exact) mass is 259 g/mol. The summed E-state index contributed by atoms with van der Waals surface area (Å²) in [6, 6.07) is 1.56. The maximum absolute atomic E-state index is 13.7. The van der Waals surface area contributed by atoms with Crippen LogP contribution in [-0.4, -0.2) is 24.8 Å². The van der Waals surface area contributed by atoms with Gasteiger partial charge in [0.15, 0.2) is 5.82 Å². The zero-order valence-electron chi connectivity index (χ0n) is 9.49. The molecule has 2 rings (SSSR count). The van der Waals surface area contributed by atoms with Gasteiger partial charge in [0, 0.05) is 25.0 Å². The lowest BCUT2D eigenvalue weighted by Gasteiger charge is -2.21. The summed E-state index contributed by atoms with van der Waals surface area (Å²) < 4.78 is 24.4. The molecule has 1 aromatic heterocycles. The molecule has 0 atom stereocenters. The van der Waals surface area contributed by atoms with Crippen molar-refractivity contribution >= 4 is 11.6 Å². The van der Waals surface area contributed by atoms with Crippen molar-refractivity contribution in [2.45, 2.75) is 18.7 Å². The average molecular weight is 260 g/mol. The molecule has 5 heteroatoms. The largest absolute Gasteiger partial charge is 0.475 e. The van der Waals surface area contributed by atoms with Crippen molar-refractivity contribution in [3.8, 4) is 5.88 Å². The first-order valence-electron chi connectivity index (χ1n) is 5.71. The minimum atomic E-state index is -0.449. The zero-order valence-corrected chi connectivity index (χ0v) is 10.3. The maximum Gasteiger partial charge on any atom is 0.250 e. The minimum Gasteiger partial charge on any atom is -0.475 e. The fraction of sp³-hybridized carbons (Fsp3) is 0.583. The number of alkyl halides is 1. The Balaban J connectivity index is 1.93. The van der Waals surface area contributed by atoms with Crippen LogP contribution in [0.1, 0.15) is 18.4 Å². The molecule has 0 aliphatic carbocycles. The standard InChI is InChI=1S/C12H15ClFNO2/c13-7-10-1-4-15-12(11(10)14)17-8-9-2-5-16-6-3-9/h1,4,9H,2-3,5-8H2. The molecule has 0 N–H and O–H groups in total. The van der Waals surface area contributed by atoms with Gasteiger partial charge in [-0.15, -0.1) is 11.6 Å². The first kappa shape index (κ1) is 12.6. The summed E-state index contributed by atoms with van der Waals surface area (Å²) in [4.78, 5) is 3.88. The smallest absolute Gasteiger partial charge is 0.250 e. The fourth-order valence-corrected chi connectivity index (χ4v) is 1.98. The van der Waals surface area contributed by atoms with Gasteiger partial charge in [-0.1, -0.05) is 0 Å². The van der Waals surface area contributed by atoms with Gasteiger partial charge in [0.1, 0.15) is 0 Å². The van der Waals surface area contributed by atoms with Crippen LogP contribution < -0.4 is 4.74 Å². The fourth-order valence-electron chi connectivity index (χ4n) is 1.78. The van der Waals surface area contributed by atoms with Gasteiger partial charge in [0.2, 0.25) is 0 Å². The molecule has 1 fully saturated rings. The molecular formula is C12H15ClFNO2. The van der Waals surface area contributed by atoms with Gasteiger partial charge in [-0.2, -0.15) is 0 Å². The SMILES string of the molecule is Fc1c(CCl)ccnc1OCC1CCOCC1. The first-order valence-corrected chi connectivity index (χ1v) is 6.24. The van der Waals surface area contributed by atoms with E-state index >= 15 is 0 Å². The highest BCUT2D eigenvalue weighted by Gasteiger charge is 2.16. The second-order valence-electron chi connectivity index (χ2n) is 4.09. The molecule has 0 saturated carbocycles. The van der Waals surface area contributed by atoms with Crippen molar-refractivity contribution in [1.82, 2.24) is 4.98 Å². The van der Waals surface area contributed by atoms with Gasteiger partial charge in [-0.05, 0) is 24.8 Å². The quantitative estimate of drug-likeness (QED) is 0.779. The highest BCUT2D eigenvalue weighted by Crippen LogP contribution is 2.21. The summed E-state index contributed by atoms with van der Waals surface area (Å²) in [5.41, 5.74) is 0.420. The van der Waals surface area contributed by atoms with Crippen molar-refractivity contribution in [2.24, 2.45) is 5.92 Å². The predicted molar refractivity (Wildman–Crippen MR) is 62.8 cm³/mol. The van der Waals surface area contributed by atoms with Gasteiger partial charge in [0.05, 0.1) is 12.5 Å². The summed E-state index contributed by atoms with van der Waals surface area (Å²) in [6.07, 6.45) is 3.42. The number of ether oxygens (including phenoxy) is 2. The molecule has 0 unspecified atom stereocenters. The van der Waals surface area contributed by atoms with Gasteiger partial charge < -0.3 is 9.47 Å². The van der Waals surface area contributed by atoms with Gasteiger partial charge in [-0.25, -0.2) is 9.37 Å². The Hall–Kier alpha value is -0.870. The van der Waals surface area contributed by atoms with Gasteiger partial charge in [-0.3, -0.25) is 0 Å². The van der Waals surface area contributed by atoms with Gasteiger partial charge >= 0.3 is 0 Å². The molecule has 0 radical (unpaired) electrons. The molecule has 1 aliphatic heterocycles. The Kier molecular flexibility index (Phi) is 4.57. The maximum atomic E-state index is 13.7. The Morgan fingerprint density at radius 2 is 2.24 bits per heavy atom. The number of halogens is 2. The zero-order chi connectivity index (χ0) is 12.1. The second-order valence-corrected chi connectivity index (χ2v) is 4.36. The summed E-state index contributed by atoms with van der Waals surface area (Å²) in [6.45, 7) is 2.00. The van der Waals surface area contributed by atoms with E-state index in [4.69, 9.17) is 21.1 Å². The molecule has 1 saturated heterocycles. The van der Waals surface area contributed by atoms with Crippen LogP contribution in [0.3, 0.4) is 0 Å².